The van der Waals surface area contributed by atoms with Crippen LogP contribution < -0.4 is 5.73 Å². The van der Waals surface area contributed by atoms with Crippen LogP contribution in [-0.2, 0) is 0 Å². The van der Waals surface area contributed by atoms with E-state index in [1.807, 2.05) is 0 Å². The maximum Gasteiger partial charge on any atom is 0.267 e. The second-order valence-corrected chi connectivity index (χ2v) is 2.37. The highest BCUT2D eigenvalue weighted by molar-refractivity contribution is 5.41. The van der Waals surface area contributed by atoms with Gasteiger partial charge in [0.2, 0.25) is 5.95 Å². The van der Waals surface area contributed by atoms with Crippen LogP contribution in [-0.4, -0.2) is 4.98 Å². The van der Waals surface area contributed by atoms with Crippen molar-refractivity contribution in [2.24, 2.45) is 0 Å². The average molecular weight is 176 g/mol. The number of nitrogens with two attached hydrogens (primary N) is 1. The monoisotopic (exact) mass is 176 g/mol. The van der Waals surface area contributed by atoms with Crippen molar-refractivity contribution in [3.05, 3.63) is 23.1 Å². The third-order valence-corrected chi connectivity index (χ3v) is 1.45. The van der Waals surface area contributed by atoms with Crippen molar-refractivity contribution in [1.29, 1.82) is 0 Å². The van der Waals surface area contributed by atoms with Gasteiger partial charge in [0.05, 0.1) is 5.56 Å². The number of aromatic nitrogens is 1. The van der Waals surface area contributed by atoms with E-state index < -0.39 is 23.8 Å². The molecule has 0 aromatic carbocycles. The SMILES string of the molecule is Cc1cc(C(F)F)c(N)nc1F. The summed E-state index contributed by atoms with van der Waals surface area (Å²) in [7, 11) is 0. The Bertz CT molecular complexity index is 299. The molecule has 2 N–H and O–H groups in total. The molecule has 0 amide bonds. The van der Waals surface area contributed by atoms with Gasteiger partial charge in [0.15, 0.2) is 0 Å². The first-order valence-electron chi connectivity index (χ1n) is 3.23. The summed E-state index contributed by atoms with van der Waals surface area (Å²) in [6.07, 6.45) is -2.71. The summed E-state index contributed by atoms with van der Waals surface area (Å²) in [5.41, 5.74) is 4.71. The fourth-order valence-electron chi connectivity index (χ4n) is 0.800. The minimum atomic E-state index is -2.71. The van der Waals surface area contributed by atoms with Gasteiger partial charge in [-0.25, -0.2) is 13.8 Å². The van der Waals surface area contributed by atoms with Crippen LogP contribution in [0.15, 0.2) is 6.07 Å². The van der Waals surface area contributed by atoms with Gasteiger partial charge in [0, 0.05) is 5.56 Å². The average Bonchev–Trinajstić information content (AvgIpc) is 1.96. The molecule has 0 aliphatic rings. The highest BCUT2D eigenvalue weighted by Gasteiger charge is 2.14. The molecule has 0 unspecified atom stereocenters. The van der Waals surface area contributed by atoms with Gasteiger partial charge in [-0.15, -0.1) is 0 Å². The Kier molecular flexibility index (Phi) is 2.21. The molecule has 1 aromatic rings. The van der Waals surface area contributed by atoms with Crippen LogP contribution in [0.3, 0.4) is 0 Å². The van der Waals surface area contributed by atoms with E-state index in [9.17, 15) is 13.2 Å². The van der Waals surface area contributed by atoms with Gasteiger partial charge in [-0.05, 0) is 13.0 Å². The van der Waals surface area contributed by atoms with Crippen LogP contribution in [0.5, 0.6) is 0 Å². The molecule has 12 heavy (non-hydrogen) atoms. The van der Waals surface area contributed by atoms with Crippen LogP contribution in [0.4, 0.5) is 19.0 Å². The third kappa shape index (κ3) is 1.49. The molecular formula is C7H7F3N2. The molecule has 0 radical (unpaired) electrons. The topological polar surface area (TPSA) is 38.9 Å². The molecule has 0 fully saturated rings. The summed E-state index contributed by atoms with van der Waals surface area (Å²) in [6.45, 7) is 1.35. The number of rotatable bonds is 1. The highest BCUT2D eigenvalue weighted by atomic mass is 19.3. The molecule has 0 aliphatic carbocycles. The van der Waals surface area contributed by atoms with Gasteiger partial charge < -0.3 is 5.73 Å². The molecular weight excluding hydrogens is 169 g/mol. The van der Waals surface area contributed by atoms with E-state index >= 15 is 0 Å². The number of anilines is 1. The molecule has 1 heterocycles. The van der Waals surface area contributed by atoms with Crippen molar-refractivity contribution in [3.8, 4) is 0 Å². The lowest BCUT2D eigenvalue weighted by Crippen LogP contribution is -2.02. The molecule has 0 aliphatic heterocycles. The third-order valence-electron chi connectivity index (χ3n) is 1.45. The fourth-order valence-corrected chi connectivity index (χ4v) is 0.800. The lowest BCUT2D eigenvalue weighted by atomic mass is 10.2. The lowest BCUT2D eigenvalue weighted by molar-refractivity contribution is 0.151. The standard InChI is InChI=1S/C7H7F3N2/c1-3-2-4(5(8)9)7(11)12-6(3)10/h2,5H,1H3,(H2,11,12). The van der Waals surface area contributed by atoms with Crippen molar-refractivity contribution in [3.63, 3.8) is 0 Å². The van der Waals surface area contributed by atoms with Gasteiger partial charge >= 0.3 is 0 Å². The summed E-state index contributed by atoms with van der Waals surface area (Å²) >= 11 is 0. The van der Waals surface area contributed by atoms with Crippen molar-refractivity contribution in [2.75, 3.05) is 5.73 Å². The van der Waals surface area contributed by atoms with Crippen molar-refractivity contribution in [1.82, 2.24) is 4.98 Å². The first-order valence-corrected chi connectivity index (χ1v) is 3.23. The Labute approximate surface area is 67.2 Å². The van der Waals surface area contributed by atoms with E-state index in [1.165, 1.54) is 6.92 Å². The molecule has 2 nitrogen and oxygen atoms in total. The Hall–Kier alpha value is -1.26. The van der Waals surface area contributed by atoms with E-state index in [0.29, 0.717) is 0 Å². The minimum Gasteiger partial charge on any atom is -0.383 e. The van der Waals surface area contributed by atoms with Crippen LogP contribution >= 0.6 is 0 Å². The van der Waals surface area contributed by atoms with Crippen molar-refractivity contribution < 1.29 is 13.2 Å². The summed E-state index contributed by atoms with van der Waals surface area (Å²) in [5, 5.41) is 0. The quantitative estimate of drug-likeness (QED) is 0.665. The highest BCUT2D eigenvalue weighted by Crippen LogP contribution is 2.24. The molecule has 1 aromatic heterocycles. The molecule has 0 atom stereocenters. The van der Waals surface area contributed by atoms with Gasteiger partial charge in [0.1, 0.15) is 5.82 Å². The van der Waals surface area contributed by atoms with Crippen LogP contribution in [0.2, 0.25) is 0 Å². The Balaban J connectivity index is 3.23. The number of pyridine rings is 1. The zero-order valence-corrected chi connectivity index (χ0v) is 6.31. The minimum absolute atomic E-state index is 0.0690. The van der Waals surface area contributed by atoms with Crippen molar-refractivity contribution in [2.45, 2.75) is 13.3 Å². The summed E-state index contributed by atoms with van der Waals surface area (Å²) in [4.78, 5) is 3.13. The second kappa shape index (κ2) is 3.00. The predicted octanol–water partition coefficient (Wildman–Crippen LogP) is 2.05. The van der Waals surface area contributed by atoms with Crippen LogP contribution in [0.25, 0.3) is 0 Å². The molecule has 1 rings (SSSR count). The smallest absolute Gasteiger partial charge is 0.267 e. The molecule has 0 spiro atoms. The predicted molar refractivity (Wildman–Crippen MR) is 38.3 cm³/mol. The lowest BCUT2D eigenvalue weighted by Gasteiger charge is -2.04. The first kappa shape index (κ1) is 8.83. The van der Waals surface area contributed by atoms with Gasteiger partial charge in [-0.3, -0.25) is 0 Å². The van der Waals surface area contributed by atoms with Crippen molar-refractivity contribution >= 4 is 5.82 Å². The zero-order chi connectivity index (χ0) is 9.30. The molecule has 0 saturated heterocycles. The Morgan fingerprint density at radius 3 is 2.58 bits per heavy atom. The number of nitrogen functional groups attached to an aromatic ring is 1. The number of alkyl halides is 2. The van der Waals surface area contributed by atoms with Crippen LogP contribution in [0, 0.1) is 12.9 Å². The van der Waals surface area contributed by atoms with E-state index in [2.05, 4.69) is 4.98 Å². The maximum atomic E-state index is 12.6. The summed E-state index contributed by atoms with van der Waals surface area (Å²) in [6, 6.07) is 1.00. The molecule has 0 bridgehead atoms. The number of nitrogens with zero attached hydrogens (tertiary/aromatic N) is 1. The second-order valence-electron chi connectivity index (χ2n) is 2.37. The summed E-state index contributed by atoms with van der Waals surface area (Å²) < 4.78 is 36.8. The van der Waals surface area contributed by atoms with Gasteiger partial charge in [0.25, 0.3) is 6.43 Å². The Morgan fingerprint density at radius 2 is 2.08 bits per heavy atom. The molecule has 0 saturated carbocycles. The van der Waals surface area contributed by atoms with Crippen LogP contribution in [0.1, 0.15) is 17.6 Å². The van der Waals surface area contributed by atoms with E-state index in [-0.39, 0.29) is 5.56 Å². The number of halogens is 3. The van der Waals surface area contributed by atoms with Gasteiger partial charge in [-0.2, -0.15) is 4.39 Å². The summed E-state index contributed by atoms with van der Waals surface area (Å²) in [5.74, 6) is -1.26. The number of aryl methyl sites for hydroxylation is 1. The normalized spacial score (nSPS) is 10.8. The number of hydrogen-bond acceptors (Lipinski definition) is 2. The molecule has 5 heteroatoms. The Morgan fingerprint density at radius 1 is 1.50 bits per heavy atom. The van der Waals surface area contributed by atoms with Gasteiger partial charge in [-0.1, -0.05) is 0 Å². The molecule has 66 valence electrons. The van der Waals surface area contributed by atoms with E-state index in [4.69, 9.17) is 5.73 Å². The first-order chi connectivity index (χ1) is 5.52. The fraction of sp³-hybridized carbons (Fsp3) is 0.286. The van der Waals surface area contributed by atoms with E-state index in [1.54, 1.807) is 0 Å². The number of hydrogen-bond donors (Lipinski definition) is 1. The zero-order valence-electron chi connectivity index (χ0n) is 6.31. The maximum absolute atomic E-state index is 12.6. The van der Waals surface area contributed by atoms with E-state index in [0.717, 1.165) is 6.07 Å². The largest absolute Gasteiger partial charge is 0.383 e.